The molecule has 27 heavy (non-hydrogen) atoms. The molecule has 0 aliphatic carbocycles. The van der Waals surface area contributed by atoms with Gasteiger partial charge in [0, 0.05) is 17.7 Å². The summed E-state index contributed by atoms with van der Waals surface area (Å²) in [6, 6.07) is 5.42. The molecule has 0 amide bonds. The van der Waals surface area contributed by atoms with Gasteiger partial charge in [0.2, 0.25) is 16.9 Å². The Morgan fingerprint density at radius 2 is 1.70 bits per heavy atom. The minimum Gasteiger partial charge on any atom is -0.508 e. The number of fused-ring (bicyclic) bond motifs is 1. The average molecular weight is 372 g/mol. The van der Waals surface area contributed by atoms with Crippen LogP contribution in [0.4, 0.5) is 0 Å². The molecule has 0 fully saturated rings. The lowest BCUT2D eigenvalue weighted by Crippen LogP contribution is -2.14. The van der Waals surface area contributed by atoms with E-state index >= 15 is 0 Å². The van der Waals surface area contributed by atoms with E-state index in [9.17, 15) is 30.0 Å². The van der Waals surface area contributed by atoms with Crippen LogP contribution in [-0.4, -0.2) is 31.5 Å². The monoisotopic (exact) mass is 372 g/mol. The molecule has 0 saturated carbocycles. The molecule has 0 radical (unpaired) electrons. The number of aromatic hydroxyl groups is 4. The van der Waals surface area contributed by atoms with Gasteiger partial charge >= 0.3 is 5.97 Å². The van der Waals surface area contributed by atoms with Crippen LogP contribution in [0.2, 0.25) is 0 Å². The van der Waals surface area contributed by atoms with E-state index in [1.165, 1.54) is 6.07 Å². The molecule has 138 valence electrons. The Balaban J connectivity index is 2.38. The first-order valence-electron chi connectivity index (χ1n) is 7.34. The van der Waals surface area contributed by atoms with Gasteiger partial charge < -0.3 is 34.7 Å². The summed E-state index contributed by atoms with van der Waals surface area (Å²) < 4.78 is 10.6. The van der Waals surface area contributed by atoms with Crippen LogP contribution in [-0.2, 0) is 4.79 Å². The van der Waals surface area contributed by atoms with Crippen LogP contribution in [0.5, 0.6) is 28.7 Å². The molecular weight excluding hydrogens is 360 g/mol. The number of hydrogen-bond donors (Lipinski definition) is 5. The molecule has 0 aliphatic rings. The van der Waals surface area contributed by atoms with Crippen LogP contribution in [0.3, 0.4) is 0 Å². The quantitative estimate of drug-likeness (QED) is 0.263. The van der Waals surface area contributed by atoms with Crippen LogP contribution in [0.25, 0.3) is 22.3 Å². The number of rotatable bonds is 4. The Morgan fingerprint density at radius 3 is 2.33 bits per heavy atom. The molecule has 3 aromatic rings. The molecule has 9 heteroatoms. The second-order valence-corrected chi connectivity index (χ2v) is 5.46. The molecule has 0 saturated heterocycles. The van der Waals surface area contributed by atoms with E-state index in [2.05, 4.69) is 6.58 Å². The van der Waals surface area contributed by atoms with Crippen LogP contribution in [0.15, 0.2) is 51.9 Å². The summed E-state index contributed by atoms with van der Waals surface area (Å²) in [5.41, 5.74) is -1.09. The topological polar surface area (TPSA) is 158 Å². The number of ether oxygens (including phenoxy) is 1. The van der Waals surface area contributed by atoms with Crippen molar-refractivity contribution < 1.29 is 39.5 Å². The molecule has 5 N–H and O–H groups in total. The van der Waals surface area contributed by atoms with Gasteiger partial charge in [0.05, 0.1) is 0 Å². The molecule has 0 atom stereocenters. The van der Waals surface area contributed by atoms with Crippen LogP contribution in [0, 0.1) is 0 Å². The summed E-state index contributed by atoms with van der Waals surface area (Å²) in [5, 5.41) is 47.3. The molecule has 1 aromatic heterocycles. The van der Waals surface area contributed by atoms with Crippen molar-refractivity contribution in [3.05, 3.63) is 52.9 Å². The molecule has 0 aliphatic heterocycles. The second-order valence-electron chi connectivity index (χ2n) is 5.46. The number of carbonyl (C=O) groups is 1. The van der Waals surface area contributed by atoms with Gasteiger partial charge in [-0.05, 0) is 24.8 Å². The van der Waals surface area contributed by atoms with Crippen LogP contribution in [0.1, 0.15) is 0 Å². The fraction of sp³-hybridized carbons (Fsp3) is 0. The van der Waals surface area contributed by atoms with Gasteiger partial charge in [-0.15, -0.1) is 0 Å². The first-order valence-corrected chi connectivity index (χ1v) is 7.34. The van der Waals surface area contributed by atoms with Crippen molar-refractivity contribution in [3.8, 4) is 40.1 Å². The number of carboxylic acid groups (broad SMARTS) is 1. The van der Waals surface area contributed by atoms with E-state index in [1.807, 2.05) is 0 Å². The maximum Gasteiger partial charge on any atom is 0.371 e. The van der Waals surface area contributed by atoms with Gasteiger partial charge in [-0.25, -0.2) is 4.79 Å². The highest BCUT2D eigenvalue weighted by Crippen LogP contribution is 2.38. The number of phenolic OH excluding ortho intramolecular Hbond substituents is 4. The van der Waals surface area contributed by atoms with Crippen LogP contribution < -0.4 is 10.2 Å². The Morgan fingerprint density at radius 1 is 1.00 bits per heavy atom. The SMILES string of the molecule is C=C(Oc1c(-c2ccc(O)c(O)c2)oc2cc(O)cc(O)c2c1=O)C(=O)O. The Hall–Kier alpha value is -4.14. The zero-order chi connectivity index (χ0) is 19.9. The van der Waals surface area contributed by atoms with Crippen LogP contribution >= 0.6 is 0 Å². The zero-order valence-corrected chi connectivity index (χ0v) is 13.5. The highest BCUT2D eigenvalue weighted by molar-refractivity contribution is 5.89. The molecule has 2 aromatic carbocycles. The first-order chi connectivity index (χ1) is 12.7. The Labute approximate surface area is 150 Å². The smallest absolute Gasteiger partial charge is 0.371 e. The minimum absolute atomic E-state index is 0.0559. The summed E-state index contributed by atoms with van der Waals surface area (Å²) in [6.07, 6.45) is 0. The fourth-order valence-electron chi connectivity index (χ4n) is 2.38. The van der Waals surface area contributed by atoms with E-state index in [-0.39, 0.29) is 28.0 Å². The van der Waals surface area contributed by atoms with E-state index in [4.69, 9.17) is 14.3 Å². The van der Waals surface area contributed by atoms with Gasteiger partial charge in [0.1, 0.15) is 22.5 Å². The summed E-state index contributed by atoms with van der Waals surface area (Å²) in [6.45, 7) is 3.18. The second kappa shape index (κ2) is 6.30. The van der Waals surface area contributed by atoms with Crippen molar-refractivity contribution >= 4 is 16.9 Å². The third kappa shape index (κ3) is 3.09. The van der Waals surface area contributed by atoms with E-state index in [0.717, 1.165) is 24.3 Å². The number of hydrogen-bond acceptors (Lipinski definition) is 8. The van der Waals surface area contributed by atoms with Gasteiger partial charge in [0.25, 0.3) is 0 Å². The Kier molecular flexibility index (Phi) is 4.12. The van der Waals surface area contributed by atoms with Gasteiger partial charge in [-0.3, -0.25) is 4.79 Å². The number of benzene rings is 2. The summed E-state index contributed by atoms with van der Waals surface area (Å²) >= 11 is 0. The van der Waals surface area contributed by atoms with E-state index in [0.29, 0.717) is 0 Å². The largest absolute Gasteiger partial charge is 0.508 e. The van der Waals surface area contributed by atoms with Crippen molar-refractivity contribution in [3.63, 3.8) is 0 Å². The van der Waals surface area contributed by atoms with Crippen molar-refractivity contribution in [1.29, 1.82) is 0 Å². The van der Waals surface area contributed by atoms with E-state index < -0.39 is 40.2 Å². The highest BCUT2D eigenvalue weighted by Gasteiger charge is 2.23. The lowest BCUT2D eigenvalue weighted by atomic mass is 10.1. The first kappa shape index (κ1) is 17.7. The highest BCUT2D eigenvalue weighted by atomic mass is 16.5. The lowest BCUT2D eigenvalue weighted by molar-refractivity contribution is -0.135. The van der Waals surface area contributed by atoms with Gasteiger partial charge in [-0.1, -0.05) is 0 Å². The normalized spacial score (nSPS) is 10.7. The maximum absolute atomic E-state index is 12.8. The molecule has 9 nitrogen and oxygen atoms in total. The molecule has 0 unspecified atom stereocenters. The standard InChI is InChI=1S/C18H12O9/c1-7(18(24)25)26-17-15(23)14-12(22)5-9(19)6-13(14)27-16(17)8-2-3-10(20)11(21)4-8/h2-6,19-22H,1H2,(H,24,25). The zero-order valence-electron chi connectivity index (χ0n) is 13.5. The third-order valence-corrected chi connectivity index (χ3v) is 3.62. The number of carboxylic acids is 1. The summed E-state index contributed by atoms with van der Waals surface area (Å²) in [7, 11) is 0. The van der Waals surface area contributed by atoms with Gasteiger partial charge in [0.15, 0.2) is 17.3 Å². The molecule has 0 spiro atoms. The van der Waals surface area contributed by atoms with E-state index in [1.54, 1.807) is 0 Å². The third-order valence-electron chi connectivity index (χ3n) is 3.62. The maximum atomic E-state index is 12.8. The molecular formula is C18H12O9. The van der Waals surface area contributed by atoms with Crippen molar-refractivity contribution in [2.24, 2.45) is 0 Å². The molecule has 1 heterocycles. The van der Waals surface area contributed by atoms with Gasteiger partial charge in [-0.2, -0.15) is 0 Å². The summed E-state index contributed by atoms with van der Waals surface area (Å²) in [4.78, 5) is 23.8. The predicted octanol–water partition coefficient (Wildman–Crippen LogP) is 2.26. The predicted molar refractivity (Wildman–Crippen MR) is 92.0 cm³/mol. The van der Waals surface area contributed by atoms with Crippen molar-refractivity contribution in [2.45, 2.75) is 0 Å². The molecule has 0 bridgehead atoms. The lowest BCUT2D eigenvalue weighted by Gasteiger charge is -2.12. The number of phenols is 4. The molecule has 3 rings (SSSR count). The van der Waals surface area contributed by atoms with Crippen molar-refractivity contribution in [1.82, 2.24) is 0 Å². The van der Waals surface area contributed by atoms with Crippen molar-refractivity contribution in [2.75, 3.05) is 0 Å². The Bertz CT molecular complexity index is 1160. The average Bonchev–Trinajstić information content (AvgIpc) is 2.58. The number of aliphatic carboxylic acids is 1. The fourth-order valence-corrected chi connectivity index (χ4v) is 2.38. The minimum atomic E-state index is -1.54. The summed E-state index contributed by atoms with van der Waals surface area (Å²) in [5.74, 6) is -5.20.